The molecule has 0 amide bonds. The first-order chi connectivity index (χ1) is 8.63. The van der Waals surface area contributed by atoms with Crippen molar-refractivity contribution in [3.63, 3.8) is 0 Å². The Bertz CT molecular complexity index is 494. The molecular weight excluding hydrogens is 287 g/mol. The normalized spacial score (nSPS) is 12.2. The quantitative estimate of drug-likeness (QED) is 0.520. The number of halogens is 2. The number of thioether (sulfide) groups is 1. The topological polar surface area (TPSA) is 9.23 Å². The Kier molecular flexibility index (Phi) is 4.81. The molecule has 1 atom stereocenters. The number of rotatable bonds is 4. The standard InChI is InChI=1S/C14H12Cl2OS/c1-10(15)18-14-8-6-13(7-9-14)17-12-4-2-11(16)3-5-12/h2-10H,1H3. The molecule has 18 heavy (non-hydrogen) atoms. The fraction of sp³-hybridized carbons (Fsp3) is 0.143. The molecule has 1 nitrogen and oxygen atoms in total. The average Bonchev–Trinajstić information content (AvgIpc) is 2.34. The lowest BCUT2D eigenvalue weighted by molar-refractivity contribution is 0.482. The maximum atomic E-state index is 5.92. The van der Waals surface area contributed by atoms with Crippen LogP contribution in [0.1, 0.15) is 6.92 Å². The fourth-order valence-electron chi connectivity index (χ4n) is 1.41. The van der Waals surface area contributed by atoms with Crippen molar-refractivity contribution in [1.29, 1.82) is 0 Å². The zero-order valence-electron chi connectivity index (χ0n) is 9.77. The highest BCUT2D eigenvalue weighted by atomic mass is 35.5. The van der Waals surface area contributed by atoms with Crippen LogP contribution in [0.5, 0.6) is 11.5 Å². The third-order valence-corrected chi connectivity index (χ3v) is 3.56. The monoisotopic (exact) mass is 298 g/mol. The summed E-state index contributed by atoms with van der Waals surface area (Å²) in [7, 11) is 0. The molecule has 0 fully saturated rings. The van der Waals surface area contributed by atoms with Crippen LogP contribution in [-0.2, 0) is 0 Å². The number of hydrogen-bond acceptors (Lipinski definition) is 2. The lowest BCUT2D eigenvalue weighted by Gasteiger charge is -2.07. The first kappa shape index (κ1) is 13.6. The second-order valence-corrected chi connectivity index (χ2v) is 6.45. The van der Waals surface area contributed by atoms with Crippen molar-refractivity contribution in [1.82, 2.24) is 0 Å². The first-order valence-corrected chi connectivity index (χ1v) is 7.17. The number of ether oxygens (including phenoxy) is 1. The van der Waals surface area contributed by atoms with Crippen LogP contribution in [0.15, 0.2) is 53.4 Å². The van der Waals surface area contributed by atoms with E-state index in [0.29, 0.717) is 5.02 Å². The number of benzene rings is 2. The second kappa shape index (κ2) is 6.37. The highest BCUT2D eigenvalue weighted by molar-refractivity contribution is 8.01. The molecule has 0 saturated carbocycles. The minimum Gasteiger partial charge on any atom is -0.457 e. The maximum Gasteiger partial charge on any atom is 0.127 e. The van der Waals surface area contributed by atoms with Gasteiger partial charge in [-0.25, -0.2) is 0 Å². The molecule has 1 unspecified atom stereocenters. The van der Waals surface area contributed by atoms with Crippen molar-refractivity contribution in [3.8, 4) is 11.5 Å². The van der Waals surface area contributed by atoms with E-state index in [1.807, 2.05) is 43.3 Å². The maximum absolute atomic E-state index is 5.92. The molecular formula is C14H12Cl2OS. The summed E-state index contributed by atoms with van der Waals surface area (Å²) in [6, 6.07) is 15.1. The van der Waals surface area contributed by atoms with Gasteiger partial charge in [0.1, 0.15) is 11.5 Å². The molecule has 0 aliphatic heterocycles. The van der Waals surface area contributed by atoms with E-state index < -0.39 is 0 Å². The van der Waals surface area contributed by atoms with Gasteiger partial charge >= 0.3 is 0 Å². The fourth-order valence-corrected chi connectivity index (χ4v) is 2.52. The zero-order valence-corrected chi connectivity index (χ0v) is 12.1. The minimum atomic E-state index is 0.0630. The predicted molar refractivity (Wildman–Crippen MR) is 79.1 cm³/mol. The van der Waals surface area contributed by atoms with Crippen LogP contribution in [0.25, 0.3) is 0 Å². The van der Waals surface area contributed by atoms with Crippen LogP contribution in [0.4, 0.5) is 0 Å². The summed E-state index contributed by atoms with van der Waals surface area (Å²) >= 11 is 13.3. The molecule has 2 aromatic carbocycles. The molecule has 2 rings (SSSR count). The molecule has 2 aromatic rings. The Morgan fingerprint density at radius 1 is 0.944 bits per heavy atom. The molecule has 0 spiro atoms. The van der Waals surface area contributed by atoms with Crippen LogP contribution in [0, 0.1) is 0 Å². The van der Waals surface area contributed by atoms with Crippen molar-refractivity contribution in [3.05, 3.63) is 53.6 Å². The smallest absolute Gasteiger partial charge is 0.127 e. The van der Waals surface area contributed by atoms with Crippen LogP contribution >= 0.6 is 35.0 Å². The Balaban J connectivity index is 2.04. The third-order valence-electron chi connectivity index (χ3n) is 2.17. The lowest BCUT2D eigenvalue weighted by atomic mass is 10.3. The summed E-state index contributed by atoms with van der Waals surface area (Å²) in [5, 5.41) is 0.699. The van der Waals surface area contributed by atoms with Gasteiger partial charge in [-0.3, -0.25) is 0 Å². The van der Waals surface area contributed by atoms with E-state index in [1.54, 1.807) is 23.9 Å². The van der Waals surface area contributed by atoms with Crippen molar-refractivity contribution in [2.45, 2.75) is 16.5 Å². The summed E-state index contributed by atoms with van der Waals surface area (Å²) in [4.78, 5) is 1.13. The van der Waals surface area contributed by atoms with Gasteiger partial charge in [0.15, 0.2) is 0 Å². The molecule has 0 aliphatic rings. The largest absolute Gasteiger partial charge is 0.457 e. The van der Waals surface area contributed by atoms with Gasteiger partial charge in [0, 0.05) is 9.92 Å². The summed E-state index contributed by atoms with van der Waals surface area (Å²) in [6.07, 6.45) is 0. The number of alkyl halides is 1. The predicted octanol–water partition coefficient (Wildman–Crippen LogP) is 5.81. The molecule has 0 aliphatic carbocycles. The Morgan fingerprint density at radius 2 is 1.44 bits per heavy atom. The molecule has 0 radical (unpaired) electrons. The van der Waals surface area contributed by atoms with Gasteiger partial charge < -0.3 is 4.74 Å². The van der Waals surface area contributed by atoms with Crippen molar-refractivity contribution < 1.29 is 4.74 Å². The summed E-state index contributed by atoms with van der Waals surface area (Å²) in [6.45, 7) is 1.95. The second-order valence-electron chi connectivity index (χ2n) is 3.69. The van der Waals surface area contributed by atoms with E-state index >= 15 is 0 Å². The molecule has 4 heteroatoms. The molecule has 0 aromatic heterocycles. The van der Waals surface area contributed by atoms with Gasteiger partial charge in [0.2, 0.25) is 0 Å². The van der Waals surface area contributed by atoms with Crippen molar-refractivity contribution in [2.24, 2.45) is 0 Å². The third kappa shape index (κ3) is 4.13. The summed E-state index contributed by atoms with van der Waals surface area (Å²) < 4.78 is 5.76. The zero-order chi connectivity index (χ0) is 13.0. The Morgan fingerprint density at radius 3 is 1.94 bits per heavy atom. The highest BCUT2D eigenvalue weighted by Gasteiger charge is 2.01. The van der Waals surface area contributed by atoms with E-state index in [4.69, 9.17) is 27.9 Å². The van der Waals surface area contributed by atoms with E-state index in [2.05, 4.69) is 0 Å². The molecule has 94 valence electrons. The van der Waals surface area contributed by atoms with Gasteiger partial charge in [-0.05, 0) is 55.5 Å². The van der Waals surface area contributed by atoms with Crippen molar-refractivity contribution in [2.75, 3.05) is 0 Å². The van der Waals surface area contributed by atoms with Crippen LogP contribution < -0.4 is 4.74 Å². The van der Waals surface area contributed by atoms with Crippen LogP contribution in [0.3, 0.4) is 0 Å². The Hall–Kier alpha value is -0.830. The van der Waals surface area contributed by atoms with E-state index in [9.17, 15) is 0 Å². The number of hydrogen-bond donors (Lipinski definition) is 0. The van der Waals surface area contributed by atoms with Crippen molar-refractivity contribution >= 4 is 35.0 Å². The van der Waals surface area contributed by atoms with Gasteiger partial charge in [-0.1, -0.05) is 11.6 Å². The van der Waals surface area contributed by atoms with Crippen LogP contribution in [0.2, 0.25) is 5.02 Å². The SMILES string of the molecule is CC(Cl)Sc1ccc(Oc2ccc(Cl)cc2)cc1. The summed E-state index contributed by atoms with van der Waals surface area (Å²) in [5.74, 6) is 1.56. The van der Waals surface area contributed by atoms with E-state index in [-0.39, 0.29) is 4.71 Å². The molecule has 0 bridgehead atoms. The average molecular weight is 299 g/mol. The minimum absolute atomic E-state index is 0.0630. The Labute approximate surface area is 121 Å². The highest BCUT2D eigenvalue weighted by Crippen LogP contribution is 2.29. The van der Waals surface area contributed by atoms with E-state index in [1.165, 1.54) is 0 Å². The lowest BCUT2D eigenvalue weighted by Crippen LogP contribution is -1.85. The van der Waals surface area contributed by atoms with Crippen LogP contribution in [-0.4, -0.2) is 4.71 Å². The van der Waals surface area contributed by atoms with Gasteiger partial charge in [0.05, 0.1) is 4.71 Å². The van der Waals surface area contributed by atoms with Gasteiger partial charge in [0.25, 0.3) is 0 Å². The molecule has 0 N–H and O–H groups in total. The first-order valence-electron chi connectivity index (χ1n) is 5.48. The molecule has 0 saturated heterocycles. The van der Waals surface area contributed by atoms with Gasteiger partial charge in [-0.15, -0.1) is 23.4 Å². The van der Waals surface area contributed by atoms with Gasteiger partial charge in [-0.2, -0.15) is 0 Å². The van der Waals surface area contributed by atoms with E-state index in [0.717, 1.165) is 16.4 Å². The molecule has 0 heterocycles. The summed E-state index contributed by atoms with van der Waals surface area (Å²) in [5.41, 5.74) is 0.